The van der Waals surface area contributed by atoms with Crippen LogP contribution in [-0.2, 0) is 0 Å². The van der Waals surface area contributed by atoms with Crippen LogP contribution in [0.4, 0.5) is 17.1 Å². The van der Waals surface area contributed by atoms with Gasteiger partial charge in [0.15, 0.2) is 11.6 Å². The Kier molecular flexibility index (Phi) is 6.06. The third-order valence-electron chi connectivity index (χ3n) is 8.58. The molecule has 5 nitrogen and oxygen atoms in total. The van der Waals surface area contributed by atoms with E-state index in [0.717, 1.165) is 61.1 Å². The highest BCUT2D eigenvalue weighted by molar-refractivity contribution is 6.12. The molecule has 216 valence electrons. The number of anilines is 3. The van der Waals surface area contributed by atoms with Gasteiger partial charge in [-0.15, -0.1) is 0 Å². The summed E-state index contributed by atoms with van der Waals surface area (Å²) in [6.45, 7) is 0. The molecule has 9 rings (SSSR count). The van der Waals surface area contributed by atoms with Crippen LogP contribution in [0.3, 0.4) is 0 Å². The van der Waals surface area contributed by atoms with E-state index < -0.39 is 0 Å². The van der Waals surface area contributed by atoms with E-state index in [1.54, 1.807) is 0 Å². The van der Waals surface area contributed by atoms with E-state index in [9.17, 15) is 0 Å². The van der Waals surface area contributed by atoms with Crippen molar-refractivity contribution in [2.24, 2.45) is 0 Å². The first kappa shape index (κ1) is 26.1. The van der Waals surface area contributed by atoms with Crippen LogP contribution >= 0.6 is 0 Å². The van der Waals surface area contributed by atoms with Crippen LogP contribution < -0.4 is 4.90 Å². The van der Waals surface area contributed by atoms with Crippen molar-refractivity contribution in [1.29, 1.82) is 0 Å². The molecule has 0 amide bonds. The van der Waals surface area contributed by atoms with Gasteiger partial charge < -0.3 is 4.90 Å². The molecule has 0 saturated carbocycles. The summed E-state index contributed by atoms with van der Waals surface area (Å²) < 4.78 is 2.19. The molecule has 6 aromatic carbocycles. The van der Waals surface area contributed by atoms with Gasteiger partial charge in [-0.2, -0.15) is 9.97 Å². The summed E-state index contributed by atoms with van der Waals surface area (Å²) in [5.41, 5.74) is 9.56. The molecule has 0 unspecified atom stereocenters. The molecule has 5 heteroatoms. The minimum atomic E-state index is 0.578. The third kappa shape index (κ3) is 4.29. The Hall–Kier alpha value is -6.33. The Morgan fingerprint density at radius 1 is 0.413 bits per heavy atom. The molecule has 1 aliphatic rings. The Morgan fingerprint density at radius 3 is 1.72 bits per heavy atom. The van der Waals surface area contributed by atoms with Crippen molar-refractivity contribution in [3.8, 4) is 28.7 Å². The summed E-state index contributed by atoms with van der Waals surface area (Å²) in [4.78, 5) is 17.6. The molecule has 0 N–H and O–H groups in total. The lowest BCUT2D eigenvalue weighted by Gasteiger charge is -2.27. The van der Waals surface area contributed by atoms with Crippen LogP contribution in [0, 0.1) is 0 Å². The summed E-state index contributed by atoms with van der Waals surface area (Å²) in [5.74, 6) is 1.84. The molecular weight excluding hydrogens is 562 g/mol. The zero-order chi connectivity index (χ0) is 30.5. The maximum Gasteiger partial charge on any atom is 0.238 e. The zero-order valence-corrected chi connectivity index (χ0v) is 24.8. The van der Waals surface area contributed by atoms with Crippen molar-refractivity contribution in [3.63, 3.8) is 0 Å². The Morgan fingerprint density at radius 2 is 1.00 bits per heavy atom. The molecule has 0 radical (unpaired) electrons. The molecule has 0 fully saturated rings. The van der Waals surface area contributed by atoms with Crippen molar-refractivity contribution in [2.45, 2.75) is 0 Å². The highest BCUT2D eigenvalue weighted by Gasteiger charge is 2.24. The molecule has 0 atom stereocenters. The van der Waals surface area contributed by atoms with Gasteiger partial charge in [0, 0.05) is 27.6 Å². The highest BCUT2D eigenvalue weighted by atomic mass is 15.2. The maximum atomic E-state index is 5.13. The van der Waals surface area contributed by atoms with Crippen molar-refractivity contribution >= 4 is 51.0 Å². The molecule has 3 heterocycles. The number of aromatic nitrogens is 4. The number of para-hydroxylation sites is 3. The lowest BCUT2D eigenvalue weighted by atomic mass is 10.1. The minimum Gasteiger partial charge on any atom is -0.309 e. The molecule has 0 spiro atoms. The van der Waals surface area contributed by atoms with Crippen LogP contribution in [-0.4, -0.2) is 19.5 Å². The molecule has 46 heavy (non-hydrogen) atoms. The third-order valence-corrected chi connectivity index (χ3v) is 8.58. The first-order chi connectivity index (χ1) is 22.8. The van der Waals surface area contributed by atoms with Gasteiger partial charge in [0.2, 0.25) is 5.95 Å². The van der Waals surface area contributed by atoms with Crippen molar-refractivity contribution in [3.05, 3.63) is 163 Å². The Balaban J connectivity index is 1.36. The second-order valence-corrected chi connectivity index (χ2v) is 11.4. The van der Waals surface area contributed by atoms with E-state index >= 15 is 0 Å². The summed E-state index contributed by atoms with van der Waals surface area (Å²) in [5, 5.41) is 2.28. The molecule has 1 aliphatic heterocycles. The second-order valence-electron chi connectivity index (χ2n) is 11.4. The average molecular weight is 590 g/mol. The van der Waals surface area contributed by atoms with E-state index in [4.69, 9.17) is 15.0 Å². The quantitative estimate of drug-likeness (QED) is 0.205. The molecule has 0 bridgehead atoms. The molecule has 2 aromatic heterocycles. The number of hydrogen-bond donors (Lipinski definition) is 0. The minimum absolute atomic E-state index is 0.578. The summed E-state index contributed by atoms with van der Waals surface area (Å²) in [6, 6.07) is 52.5. The number of rotatable bonds is 4. The molecule has 0 saturated heterocycles. The SMILES string of the molecule is C1=Cc2cc3c4ccccc4n(-c4nc(-c5ccccc5)nc(-c5ccccc5)n4)c3cc2N(c2ccccc2)c2ccccc21. The summed E-state index contributed by atoms with van der Waals surface area (Å²) in [6.07, 6.45) is 4.44. The summed E-state index contributed by atoms with van der Waals surface area (Å²) in [7, 11) is 0. The number of fused-ring (bicyclic) bond motifs is 5. The fraction of sp³-hybridized carbons (Fsp3) is 0. The van der Waals surface area contributed by atoms with Crippen molar-refractivity contribution in [1.82, 2.24) is 19.5 Å². The largest absolute Gasteiger partial charge is 0.309 e. The smallest absolute Gasteiger partial charge is 0.238 e. The number of hydrogen-bond acceptors (Lipinski definition) is 4. The van der Waals surface area contributed by atoms with Gasteiger partial charge in [-0.05, 0) is 47.5 Å². The number of benzene rings is 6. The first-order valence-electron chi connectivity index (χ1n) is 15.4. The molecular formula is C41H27N5. The van der Waals surface area contributed by atoms with E-state index in [1.165, 1.54) is 0 Å². The van der Waals surface area contributed by atoms with Crippen molar-refractivity contribution < 1.29 is 0 Å². The summed E-state index contributed by atoms with van der Waals surface area (Å²) >= 11 is 0. The monoisotopic (exact) mass is 589 g/mol. The molecule has 8 aromatic rings. The lowest BCUT2D eigenvalue weighted by molar-refractivity contribution is 0.953. The van der Waals surface area contributed by atoms with Gasteiger partial charge in [0.25, 0.3) is 0 Å². The van der Waals surface area contributed by atoms with Gasteiger partial charge >= 0.3 is 0 Å². The number of nitrogens with zero attached hydrogens (tertiary/aromatic N) is 5. The van der Waals surface area contributed by atoms with Crippen LogP contribution in [0.2, 0.25) is 0 Å². The maximum absolute atomic E-state index is 5.13. The zero-order valence-electron chi connectivity index (χ0n) is 24.8. The predicted octanol–water partition coefficient (Wildman–Crippen LogP) is 10.3. The highest BCUT2D eigenvalue weighted by Crippen LogP contribution is 2.45. The van der Waals surface area contributed by atoms with Gasteiger partial charge in [-0.3, -0.25) is 4.57 Å². The lowest BCUT2D eigenvalue weighted by Crippen LogP contribution is -2.12. The van der Waals surface area contributed by atoms with Crippen LogP contribution in [0.25, 0.3) is 62.7 Å². The van der Waals surface area contributed by atoms with Gasteiger partial charge in [-0.1, -0.05) is 127 Å². The predicted molar refractivity (Wildman–Crippen MR) is 189 cm³/mol. The normalized spacial score (nSPS) is 12.2. The average Bonchev–Trinajstić information content (AvgIpc) is 3.35. The van der Waals surface area contributed by atoms with Gasteiger partial charge in [0.05, 0.1) is 22.4 Å². The Labute approximate surface area is 266 Å². The first-order valence-corrected chi connectivity index (χ1v) is 15.4. The van der Waals surface area contributed by atoms with Gasteiger partial charge in [-0.25, -0.2) is 4.98 Å². The van der Waals surface area contributed by atoms with E-state index in [0.29, 0.717) is 17.6 Å². The van der Waals surface area contributed by atoms with Crippen LogP contribution in [0.15, 0.2) is 152 Å². The fourth-order valence-electron chi connectivity index (χ4n) is 6.46. The van der Waals surface area contributed by atoms with Crippen LogP contribution in [0.1, 0.15) is 11.1 Å². The Bertz CT molecular complexity index is 2350. The second kappa shape index (κ2) is 10.7. The van der Waals surface area contributed by atoms with E-state index in [2.05, 4.69) is 113 Å². The molecule has 0 aliphatic carbocycles. The topological polar surface area (TPSA) is 46.8 Å². The fourth-order valence-corrected chi connectivity index (χ4v) is 6.46. The van der Waals surface area contributed by atoms with Crippen molar-refractivity contribution in [2.75, 3.05) is 4.90 Å². The van der Waals surface area contributed by atoms with Gasteiger partial charge in [0.1, 0.15) is 0 Å². The van der Waals surface area contributed by atoms with E-state index in [1.807, 2.05) is 60.7 Å². The van der Waals surface area contributed by atoms with E-state index in [-0.39, 0.29) is 0 Å². The van der Waals surface area contributed by atoms with Crippen LogP contribution in [0.5, 0.6) is 0 Å². The standard InChI is InChI=1S/C41H27N5/c1-4-15-29(16-5-1)39-42-40(30-17-6-2-7-18-30)44-41(43-39)46-36-23-13-11-21-33(36)34-26-31-25-24-28-14-10-12-22-35(28)45(37(31)27-38(34)46)32-19-8-3-9-20-32/h1-27H.